The highest BCUT2D eigenvalue weighted by atomic mass is 32.1. The second-order valence-electron chi connectivity index (χ2n) is 6.93. The number of thiophene rings is 1. The lowest BCUT2D eigenvalue weighted by atomic mass is 9.80. The molecule has 3 heteroatoms. The topological polar surface area (TPSA) is 29.3 Å². The highest BCUT2D eigenvalue weighted by Gasteiger charge is 2.37. The van der Waals surface area contributed by atoms with Gasteiger partial charge >= 0.3 is 0 Å². The fourth-order valence-electron chi connectivity index (χ4n) is 3.33. The van der Waals surface area contributed by atoms with Crippen LogP contribution in [0.4, 0.5) is 0 Å². The van der Waals surface area contributed by atoms with E-state index in [1.54, 1.807) is 0 Å². The van der Waals surface area contributed by atoms with Gasteiger partial charge in [-0.3, -0.25) is 4.90 Å². The molecule has 116 valence electrons. The van der Waals surface area contributed by atoms with Crippen molar-refractivity contribution < 1.29 is 0 Å². The lowest BCUT2D eigenvalue weighted by Crippen LogP contribution is -2.54. The van der Waals surface area contributed by atoms with E-state index in [-0.39, 0.29) is 5.54 Å². The minimum absolute atomic E-state index is 0.103. The summed E-state index contributed by atoms with van der Waals surface area (Å²) in [7, 11) is 2.25. The Balaban J connectivity index is 3.01. The molecule has 1 aromatic rings. The SMILES string of the molecule is CC(C)CC(CN)(CC(C)C)N(C)C(C)c1cccs1. The average molecular weight is 297 g/mol. The van der Waals surface area contributed by atoms with Crippen LogP contribution in [-0.4, -0.2) is 24.0 Å². The number of hydrogen-bond acceptors (Lipinski definition) is 3. The van der Waals surface area contributed by atoms with Gasteiger partial charge in [-0.15, -0.1) is 11.3 Å². The van der Waals surface area contributed by atoms with Crippen molar-refractivity contribution in [2.75, 3.05) is 13.6 Å². The van der Waals surface area contributed by atoms with Gasteiger partial charge in [0.15, 0.2) is 0 Å². The maximum Gasteiger partial charge on any atom is 0.0416 e. The van der Waals surface area contributed by atoms with Crippen molar-refractivity contribution in [1.29, 1.82) is 0 Å². The molecule has 0 saturated carbocycles. The van der Waals surface area contributed by atoms with Crippen LogP contribution in [0.25, 0.3) is 0 Å². The van der Waals surface area contributed by atoms with E-state index < -0.39 is 0 Å². The van der Waals surface area contributed by atoms with Gasteiger partial charge in [-0.2, -0.15) is 0 Å². The summed E-state index contributed by atoms with van der Waals surface area (Å²) in [5.41, 5.74) is 6.36. The zero-order valence-corrected chi connectivity index (χ0v) is 14.8. The van der Waals surface area contributed by atoms with Crippen LogP contribution in [0, 0.1) is 11.8 Å². The van der Waals surface area contributed by atoms with Crippen molar-refractivity contribution in [3.05, 3.63) is 22.4 Å². The summed E-state index contributed by atoms with van der Waals surface area (Å²) < 4.78 is 0. The molecule has 2 N–H and O–H groups in total. The van der Waals surface area contributed by atoms with Gasteiger partial charge in [-0.05, 0) is 50.1 Å². The van der Waals surface area contributed by atoms with Gasteiger partial charge in [0.25, 0.3) is 0 Å². The maximum atomic E-state index is 6.26. The molecule has 1 unspecified atom stereocenters. The third kappa shape index (κ3) is 4.31. The van der Waals surface area contributed by atoms with E-state index in [1.165, 1.54) is 4.88 Å². The minimum atomic E-state index is 0.103. The van der Waals surface area contributed by atoms with Crippen molar-refractivity contribution in [2.24, 2.45) is 17.6 Å². The normalized spacial score (nSPS) is 14.5. The first-order valence-corrected chi connectivity index (χ1v) is 8.66. The molecule has 0 aliphatic carbocycles. The average Bonchev–Trinajstić information content (AvgIpc) is 2.88. The van der Waals surface area contributed by atoms with Crippen LogP contribution in [0.3, 0.4) is 0 Å². The molecule has 0 aliphatic rings. The van der Waals surface area contributed by atoms with Crippen LogP contribution in [-0.2, 0) is 0 Å². The van der Waals surface area contributed by atoms with E-state index >= 15 is 0 Å². The zero-order chi connectivity index (χ0) is 15.3. The highest BCUT2D eigenvalue weighted by Crippen LogP contribution is 2.36. The lowest BCUT2D eigenvalue weighted by Gasteiger charge is -2.46. The predicted molar refractivity (Wildman–Crippen MR) is 91.2 cm³/mol. The highest BCUT2D eigenvalue weighted by molar-refractivity contribution is 7.10. The van der Waals surface area contributed by atoms with Gasteiger partial charge in [0.1, 0.15) is 0 Å². The Morgan fingerprint density at radius 3 is 2.05 bits per heavy atom. The summed E-state index contributed by atoms with van der Waals surface area (Å²) in [6, 6.07) is 4.80. The molecule has 0 aromatic carbocycles. The van der Waals surface area contributed by atoms with Crippen molar-refractivity contribution in [3.63, 3.8) is 0 Å². The fraction of sp³-hybridized carbons (Fsp3) is 0.765. The monoisotopic (exact) mass is 296 g/mol. The molecular formula is C17H32N2S. The van der Waals surface area contributed by atoms with Crippen LogP contribution in [0.2, 0.25) is 0 Å². The van der Waals surface area contributed by atoms with Gasteiger partial charge in [0.2, 0.25) is 0 Å². The quantitative estimate of drug-likeness (QED) is 0.763. The smallest absolute Gasteiger partial charge is 0.0416 e. The van der Waals surface area contributed by atoms with E-state index in [4.69, 9.17) is 5.73 Å². The standard InChI is InChI=1S/C17H32N2S/c1-13(2)10-17(12-18,11-14(3)4)19(6)15(5)16-8-7-9-20-16/h7-9,13-15H,10-12,18H2,1-6H3. The first kappa shape index (κ1) is 17.7. The van der Waals surface area contributed by atoms with Crippen LogP contribution in [0.5, 0.6) is 0 Å². The number of nitrogens with two attached hydrogens (primary N) is 1. The molecule has 2 nitrogen and oxygen atoms in total. The van der Waals surface area contributed by atoms with Gasteiger partial charge in [0, 0.05) is 23.0 Å². The van der Waals surface area contributed by atoms with Crippen LogP contribution >= 0.6 is 11.3 Å². The Morgan fingerprint density at radius 1 is 1.15 bits per heavy atom. The van der Waals surface area contributed by atoms with Gasteiger partial charge in [-0.1, -0.05) is 33.8 Å². The van der Waals surface area contributed by atoms with Crippen molar-refractivity contribution in [3.8, 4) is 0 Å². The number of hydrogen-bond donors (Lipinski definition) is 1. The molecule has 1 heterocycles. The van der Waals surface area contributed by atoms with Gasteiger partial charge < -0.3 is 5.73 Å². The largest absolute Gasteiger partial charge is 0.329 e. The van der Waals surface area contributed by atoms with Crippen LogP contribution in [0.15, 0.2) is 17.5 Å². The molecule has 0 saturated heterocycles. The van der Waals surface area contributed by atoms with E-state index in [9.17, 15) is 0 Å². The zero-order valence-electron chi connectivity index (χ0n) is 14.0. The third-order valence-electron chi connectivity index (χ3n) is 4.24. The van der Waals surface area contributed by atoms with Crippen molar-refractivity contribution >= 4 is 11.3 Å². The molecule has 0 fully saturated rings. The summed E-state index contributed by atoms with van der Waals surface area (Å²) in [6.45, 7) is 12.2. The Hall–Kier alpha value is -0.380. The second-order valence-corrected chi connectivity index (χ2v) is 7.91. The fourth-order valence-corrected chi connectivity index (χ4v) is 4.16. The molecule has 0 amide bonds. The first-order valence-electron chi connectivity index (χ1n) is 7.79. The Labute approximate surface area is 129 Å². The molecular weight excluding hydrogens is 264 g/mol. The molecule has 0 aliphatic heterocycles. The van der Waals surface area contributed by atoms with Crippen LogP contribution < -0.4 is 5.73 Å². The molecule has 0 radical (unpaired) electrons. The minimum Gasteiger partial charge on any atom is -0.329 e. The molecule has 20 heavy (non-hydrogen) atoms. The second kappa shape index (κ2) is 7.58. The lowest BCUT2D eigenvalue weighted by molar-refractivity contribution is 0.0465. The molecule has 1 aromatic heterocycles. The van der Waals surface area contributed by atoms with Gasteiger partial charge in [0.05, 0.1) is 0 Å². The summed E-state index contributed by atoms with van der Waals surface area (Å²) in [4.78, 5) is 3.96. The number of nitrogens with zero attached hydrogens (tertiary/aromatic N) is 1. The first-order chi connectivity index (χ1) is 9.32. The van der Waals surface area contributed by atoms with E-state index in [2.05, 4.69) is 64.1 Å². The molecule has 0 spiro atoms. The van der Waals surface area contributed by atoms with Crippen LogP contribution in [0.1, 0.15) is 58.4 Å². The summed E-state index contributed by atoms with van der Waals surface area (Å²) in [5, 5.41) is 2.16. The van der Waals surface area contributed by atoms with Crippen molar-refractivity contribution in [1.82, 2.24) is 4.90 Å². The van der Waals surface area contributed by atoms with E-state index in [1.807, 2.05) is 11.3 Å². The molecule has 1 atom stereocenters. The third-order valence-corrected chi connectivity index (χ3v) is 5.28. The summed E-state index contributed by atoms with van der Waals surface area (Å²) in [5.74, 6) is 1.32. The molecule has 1 rings (SSSR count). The Kier molecular flexibility index (Phi) is 6.70. The van der Waals surface area contributed by atoms with E-state index in [0.717, 1.165) is 19.4 Å². The predicted octanol–water partition coefficient (Wildman–Crippen LogP) is 4.53. The summed E-state index contributed by atoms with van der Waals surface area (Å²) >= 11 is 1.84. The van der Waals surface area contributed by atoms with Crippen molar-refractivity contribution in [2.45, 2.75) is 59.0 Å². The Bertz CT molecular complexity index is 360. The summed E-state index contributed by atoms with van der Waals surface area (Å²) in [6.07, 6.45) is 2.32. The number of likely N-dealkylation sites (N-methyl/N-ethyl adjacent to an activating group) is 1. The van der Waals surface area contributed by atoms with Gasteiger partial charge in [-0.25, -0.2) is 0 Å². The molecule has 0 bridgehead atoms. The number of rotatable bonds is 8. The van der Waals surface area contributed by atoms with E-state index in [0.29, 0.717) is 17.9 Å². The maximum absolute atomic E-state index is 6.26. The Morgan fingerprint density at radius 2 is 1.70 bits per heavy atom.